The Kier molecular flexibility index (Phi) is 6.48. The molecule has 3 aromatic carbocycles. The van der Waals surface area contributed by atoms with Gasteiger partial charge in [-0.15, -0.1) is 10.2 Å². The van der Waals surface area contributed by atoms with Crippen molar-refractivity contribution in [3.63, 3.8) is 0 Å². The molecule has 0 unspecified atom stereocenters. The van der Waals surface area contributed by atoms with Crippen LogP contribution in [0.2, 0.25) is 0 Å². The molecule has 1 aromatic heterocycles. The first-order chi connectivity index (χ1) is 17.1. The third-order valence-corrected chi connectivity index (χ3v) is 6.14. The molecule has 0 radical (unpaired) electrons. The van der Waals surface area contributed by atoms with Gasteiger partial charge < -0.3 is 19.0 Å². The zero-order valence-electron chi connectivity index (χ0n) is 20.0. The number of piperazine rings is 1. The number of carbonyl (C=O) groups excluding carboxylic acids is 1. The van der Waals surface area contributed by atoms with Crippen LogP contribution < -0.4 is 9.64 Å². The van der Waals surface area contributed by atoms with Gasteiger partial charge in [0.05, 0.1) is 12.3 Å². The molecule has 0 atom stereocenters. The molecular formula is C28H28N4O3. The summed E-state index contributed by atoms with van der Waals surface area (Å²) in [6, 6.07) is 23.4. The number of amides is 1. The van der Waals surface area contributed by atoms with Crippen LogP contribution in [0.25, 0.3) is 22.9 Å². The van der Waals surface area contributed by atoms with Crippen molar-refractivity contribution in [1.82, 2.24) is 15.1 Å². The van der Waals surface area contributed by atoms with Crippen molar-refractivity contribution >= 4 is 11.6 Å². The lowest BCUT2D eigenvalue weighted by Crippen LogP contribution is -2.48. The second kappa shape index (κ2) is 10.0. The Balaban J connectivity index is 1.23. The van der Waals surface area contributed by atoms with Crippen molar-refractivity contribution in [3.8, 4) is 28.7 Å². The number of ether oxygens (including phenoxy) is 1. The van der Waals surface area contributed by atoms with Crippen LogP contribution in [0, 0.1) is 6.92 Å². The summed E-state index contributed by atoms with van der Waals surface area (Å²) >= 11 is 0. The number of carbonyl (C=O) groups is 1. The highest BCUT2D eigenvalue weighted by atomic mass is 16.5. The van der Waals surface area contributed by atoms with E-state index in [1.165, 1.54) is 0 Å². The topological polar surface area (TPSA) is 71.7 Å². The van der Waals surface area contributed by atoms with E-state index in [4.69, 9.17) is 9.15 Å². The average molecular weight is 469 g/mol. The maximum Gasteiger partial charge on any atom is 0.253 e. The number of hydrogen-bond donors (Lipinski definition) is 0. The predicted octanol–water partition coefficient (Wildman–Crippen LogP) is 5.07. The van der Waals surface area contributed by atoms with E-state index in [2.05, 4.69) is 21.2 Å². The Hall–Kier alpha value is -4.13. The third kappa shape index (κ3) is 4.89. The Morgan fingerprint density at radius 1 is 0.886 bits per heavy atom. The fraction of sp³-hybridized carbons (Fsp3) is 0.250. The van der Waals surface area contributed by atoms with Crippen LogP contribution in [-0.2, 0) is 0 Å². The first-order valence-electron chi connectivity index (χ1n) is 11.9. The first kappa shape index (κ1) is 22.7. The molecule has 1 amide bonds. The van der Waals surface area contributed by atoms with Crippen molar-refractivity contribution in [2.45, 2.75) is 13.8 Å². The average Bonchev–Trinajstić information content (AvgIpc) is 3.40. The minimum absolute atomic E-state index is 0.0280. The monoisotopic (exact) mass is 468 g/mol. The first-order valence-corrected chi connectivity index (χ1v) is 11.9. The van der Waals surface area contributed by atoms with Gasteiger partial charge in [0.2, 0.25) is 11.8 Å². The number of nitrogens with zero attached hydrogens (tertiary/aromatic N) is 4. The summed E-state index contributed by atoms with van der Waals surface area (Å²) < 4.78 is 11.6. The standard InChI is InChI=1S/C28H28N4O3/c1-3-34-25-10-5-4-9-24(25)31-15-17-32(18-16-31)28(33)22-13-11-21(12-14-22)26-29-30-27(35-26)23-8-6-7-20(2)19-23/h4-14,19H,3,15-18H2,1-2H3. The van der Waals surface area contributed by atoms with Crippen LogP contribution in [0.4, 0.5) is 5.69 Å². The van der Waals surface area contributed by atoms with E-state index >= 15 is 0 Å². The van der Waals surface area contributed by atoms with E-state index in [0.717, 1.165) is 41.2 Å². The molecule has 1 aliphatic heterocycles. The highest BCUT2D eigenvalue weighted by Crippen LogP contribution is 2.29. The predicted molar refractivity (Wildman–Crippen MR) is 136 cm³/mol. The van der Waals surface area contributed by atoms with Crippen LogP contribution in [0.3, 0.4) is 0 Å². The number of para-hydroxylation sites is 2. The molecule has 1 saturated heterocycles. The highest BCUT2D eigenvalue weighted by molar-refractivity contribution is 5.94. The second-order valence-electron chi connectivity index (χ2n) is 8.54. The minimum Gasteiger partial charge on any atom is -0.492 e. The normalized spacial score (nSPS) is 13.7. The summed E-state index contributed by atoms with van der Waals surface area (Å²) in [4.78, 5) is 17.3. The van der Waals surface area contributed by atoms with Gasteiger partial charge in [-0.25, -0.2) is 0 Å². The number of aromatic nitrogens is 2. The van der Waals surface area contributed by atoms with Gasteiger partial charge in [-0.05, 0) is 62.4 Å². The minimum atomic E-state index is 0.0280. The van der Waals surface area contributed by atoms with Crippen molar-refractivity contribution in [2.75, 3.05) is 37.7 Å². The van der Waals surface area contributed by atoms with Gasteiger partial charge in [-0.2, -0.15) is 0 Å². The molecule has 0 N–H and O–H groups in total. The van der Waals surface area contributed by atoms with Gasteiger partial charge in [0, 0.05) is 42.9 Å². The summed E-state index contributed by atoms with van der Waals surface area (Å²) in [6.07, 6.45) is 0. The summed E-state index contributed by atoms with van der Waals surface area (Å²) in [7, 11) is 0. The van der Waals surface area contributed by atoms with E-state index in [9.17, 15) is 4.79 Å². The maximum atomic E-state index is 13.1. The molecule has 5 rings (SSSR count). The molecule has 0 saturated carbocycles. The fourth-order valence-electron chi connectivity index (χ4n) is 4.32. The van der Waals surface area contributed by atoms with Crippen LogP contribution in [0.15, 0.2) is 77.2 Å². The van der Waals surface area contributed by atoms with E-state index in [0.29, 0.717) is 37.0 Å². The Labute approximate surface area is 205 Å². The Bertz CT molecular complexity index is 1310. The summed E-state index contributed by atoms with van der Waals surface area (Å²) in [6.45, 7) is 7.48. The van der Waals surface area contributed by atoms with E-state index in [-0.39, 0.29) is 5.91 Å². The quantitative estimate of drug-likeness (QED) is 0.393. The summed E-state index contributed by atoms with van der Waals surface area (Å²) in [5, 5.41) is 8.37. The molecule has 0 bridgehead atoms. The third-order valence-electron chi connectivity index (χ3n) is 6.14. The summed E-state index contributed by atoms with van der Waals surface area (Å²) in [5.41, 5.74) is 4.53. The molecule has 7 heteroatoms. The lowest BCUT2D eigenvalue weighted by atomic mass is 10.1. The Morgan fingerprint density at radius 2 is 1.60 bits per heavy atom. The van der Waals surface area contributed by atoms with E-state index < -0.39 is 0 Å². The van der Waals surface area contributed by atoms with Gasteiger partial charge in [0.25, 0.3) is 5.91 Å². The molecule has 1 aliphatic rings. The zero-order valence-corrected chi connectivity index (χ0v) is 20.0. The molecule has 7 nitrogen and oxygen atoms in total. The molecule has 4 aromatic rings. The molecule has 1 fully saturated rings. The molecule has 2 heterocycles. The number of aryl methyl sites for hydroxylation is 1. The number of benzene rings is 3. The van der Waals surface area contributed by atoms with Crippen molar-refractivity contribution in [2.24, 2.45) is 0 Å². The van der Waals surface area contributed by atoms with Crippen molar-refractivity contribution < 1.29 is 13.9 Å². The SMILES string of the molecule is CCOc1ccccc1N1CCN(C(=O)c2ccc(-c3nnc(-c4cccc(C)c4)o3)cc2)CC1. The molecule has 0 spiro atoms. The van der Waals surface area contributed by atoms with E-state index in [1.807, 2.05) is 85.5 Å². The van der Waals surface area contributed by atoms with Crippen LogP contribution in [0.1, 0.15) is 22.8 Å². The zero-order chi connectivity index (χ0) is 24.2. The van der Waals surface area contributed by atoms with Crippen LogP contribution >= 0.6 is 0 Å². The second-order valence-corrected chi connectivity index (χ2v) is 8.54. The van der Waals surface area contributed by atoms with Crippen LogP contribution in [-0.4, -0.2) is 53.8 Å². The number of hydrogen-bond acceptors (Lipinski definition) is 6. The highest BCUT2D eigenvalue weighted by Gasteiger charge is 2.24. The van der Waals surface area contributed by atoms with Crippen molar-refractivity contribution in [3.05, 3.63) is 83.9 Å². The van der Waals surface area contributed by atoms with Gasteiger partial charge >= 0.3 is 0 Å². The van der Waals surface area contributed by atoms with Gasteiger partial charge in [0.1, 0.15) is 5.75 Å². The van der Waals surface area contributed by atoms with E-state index in [1.54, 1.807) is 0 Å². The molecular weight excluding hydrogens is 440 g/mol. The lowest BCUT2D eigenvalue weighted by molar-refractivity contribution is 0.0746. The summed E-state index contributed by atoms with van der Waals surface area (Å²) in [5.74, 6) is 1.83. The maximum absolute atomic E-state index is 13.1. The van der Waals surface area contributed by atoms with Crippen molar-refractivity contribution in [1.29, 1.82) is 0 Å². The fourth-order valence-corrected chi connectivity index (χ4v) is 4.32. The van der Waals surface area contributed by atoms with Crippen LogP contribution in [0.5, 0.6) is 5.75 Å². The Morgan fingerprint density at radius 3 is 2.31 bits per heavy atom. The molecule has 0 aliphatic carbocycles. The van der Waals surface area contributed by atoms with Gasteiger partial charge in [0.15, 0.2) is 0 Å². The smallest absolute Gasteiger partial charge is 0.253 e. The molecule has 35 heavy (non-hydrogen) atoms. The van der Waals surface area contributed by atoms with Gasteiger partial charge in [-0.3, -0.25) is 4.79 Å². The lowest BCUT2D eigenvalue weighted by Gasteiger charge is -2.36. The molecule has 178 valence electrons. The number of anilines is 1. The number of rotatable bonds is 6. The largest absolute Gasteiger partial charge is 0.492 e. The van der Waals surface area contributed by atoms with Gasteiger partial charge in [-0.1, -0.05) is 29.8 Å².